The average Bonchev–Trinajstić information content (AvgIpc) is 3.43. The highest BCUT2D eigenvalue weighted by molar-refractivity contribution is 5.94. The van der Waals surface area contributed by atoms with Crippen LogP contribution in [0.4, 0.5) is 15.9 Å². The lowest BCUT2D eigenvalue weighted by Crippen LogP contribution is -2.51. The van der Waals surface area contributed by atoms with Crippen LogP contribution in [-0.2, 0) is 13.0 Å². The number of piperazine rings is 1. The van der Waals surface area contributed by atoms with Crippen molar-refractivity contribution in [3.05, 3.63) is 53.7 Å². The van der Waals surface area contributed by atoms with Crippen molar-refractivity contribution in [3.63, 3.8) is 0 Å². The summed E-state index contributed by atoms with van der Waals surface area (Å²) in [6.45, 7) is 4.67. The van der Waals surface area contributed by atoms with E-state index in [1.54, 1.807) is 0 Å². The minimum Gasteiger partial charge on any atom is -0.462 e. The standard InChI is InChI=1S/C29H34FN7O/c30-16-21-9-12-33-26(21)19-38-29-34-25-18-36(27-7-3-5-20-4-1-2-6-23(20)27)14-10-24(25)28(35-29)37-15-13-32-22(17-37)8-11-31/h1-7,21-22,26,32-33H,8-10,12-19H2/t21-,22-,26-/m0/s1. The van der Waals surface area contributed by atoms with Gasteiger partial charge in [-0.2, -0.15) is 15.2 Å². The fourth-order valence-electron chi connectivity index (χ4n) is 6.04. The Hall–Kier alpha value is -3.48. The summed E-state index contributed by atoms with van der Waals surface area (Å²) in [6, 6.07) is 17.6. The number of alkyl halides is 1. The Morgan fingerprint density at radius 2 is 1.95 bits per heavy atom. The van der Waals surface area contributed by atoms with Gasteiger partial charge in [0.05, 0.1) is 31.4 Å². The Kier molecular flexibility index (Phi) is 7.25. The number of benzene rings is 2. The van der Waals surface area contributed by atoms with Crippen LogP contribution >= 0.6 is 0 Å². The number of nitrogens with one attached hydrogen (secondary N) is 2. The Morgan fingerprint density at radius 3 is 2.84 bits per heavy atom. The number of rotatable bonds is 7. The minimum absolute atomic E-state index is 0.0329. The van der Waals surface area contributed by atoms with E-state index >= 15 is 0 Å². The number of fused-ring (bicyclic) bond motifs is 2. The second-order valence-electron chi connectivity index (χ2n) is 10.5. The Balaban J connectivity index is 1.31. The van der Waals surface area contributed by atoms with Gasteiger partial charge in [0.1, 0.15) is 12.4 Å². The van der Waals surface area contributed by atoms with Gasteiger partial charge in [0.25, 0.3) is 0 Å². The van der Waals surface area contributed by atoms with Gasteiger partial charge in [0, 0.05) is 60.8 Å². The van der Waals surface area contributed by atoms with Gasteiger partial charge >= 0.3 is 6.01 Å². The van der Waals surface area contributed by atoms with E-state index in [0.29, 0.717) is 25.6 Å². The van der Waals surface area contributed by atoms with Crippen molar-refractivity contribution in [3.8, 4) is 12.1 Å². The van der Waals surface area contributed by atoms with E-state index in [2.05, 4.69) is 69.0 Å². The first-order valence-electron chi connectivity index (χ1n) is 13.6. The van der Waals surface area contributed by atoms with Gasteiger partial charge in [0.2, 0.25) is 0 Å². The zero-order chi connectivity index (χ0) is 25.9. The molecule has 38 heavy (non-hydrogen) atoms. The molecule has 0 saturated carbocycles. The fraction of sp³-hybridized carbons (Fsp3) is 0.483. The van der Waals surface area contributed by atoms with Crippen molar-refractivity contribution in [1.29, 1.82) is 5.26 Å². The van der Waals surface area contributed by atoms with Crippen LogP contribution in [0, 0.1) is 17.2 Å². The maximum atomic E-state index is 13.5. The maximum absolute atomic E-state index is 13.5. The lowest BCUT2D eigenvalue weighted by molar-refractivity contribution is 0.213. The highest BCUT2D eigenvalue weighted by Crippen LogP contribution is 2.34. The maximum Gasteiger partial charge on any atom is 0.318 e. The first kappa shape index (κ1) is 24.8. The molecule has 3 aromatic rings. The van der Waals surface area contributed by atoms with Gasteiger partial charge in [-0.3, -0.25) is 4.39 Å². The Morgan fingerprint density at radius 1 is 1.05 bits per heavy atom. The third kappa shape index (κ3) is 4.98. The lowest BCUT2D eigenvalue weighted by Gasteiger charge is -2.37. The molecule has 4 heterocycles. The molecule has 1 aromatic heterocycles. The number of hydrogen-bond acceptors (Lipinski definition) is 8. The van der Waals surface area contributed by atoms with Crippen LogP contribution in [-0.4, -0.2) is 68.1 Å². The number of halogens is 1. The highest BCUT2D eigenvalue weighted by Gasteiger charge is 2.31. The summed E-state index contributed by atoms with van der Waals surface area (Å²) < 4.78 is 19.6. The van der Waals surface area contributed by atoms with Crippen molar-refractivity contribution in [2.24, 2.45) is 5.92 Å². The van der Waals surface area contributed by atoms with Crippen LogP contribution in [0.1, 0.15) is 24.1 Å². The zero-order valence-electron chi connectivity index (χ0n) is 21.6. The number of nitriles is 1. The summed E-state index contributed by atoms with van der Waals surface area (Å²) in [7, 11) is 0. The third-order valence-corrected chi connectivity index (χ3v) is 8.10. The van der Waals surface area contributed by atoms with Crippen LogP contribution in [0.5, 0.6) is 6.01 Å². The van der Waals surface area contributed by atoms with E-state index < -0.39 is 0 Å². The van der Waals surface area contributed by atoms with Crippen LogP contribution in [0.3, 0.4) is 0 Å². The van der Waals surface area contributed by atoms with E-state index in [-0.39, 0.29) is 24.7 Å². The topological polar surface area (TPSA) is 89.3 Å². The van der Waals surface area contributed by atoms with Crippen molar-refractivity contribution < 1.29 is 9.13 Å². The molecule has 3 aliphatic rings. The molecule has 2 fully saturated rings. The molecule has 6 rings (SSSR count). The normalized spacial score (nSPS) is 23.3. The van der Waals surface area contributed by atoms with Gasteiger partial charge in [-0.25, -0.2) is 0 Å². The lowest BCUT2D eigenvalue weighted by atomic mass is 10.0. The number of hydrogen-bond donors (Lipinski definition) is 2. The minimum atomic E-state index is -0.349. The largest absolute Gasteiger partial charge is 0.462 e. The zero-order valence-corrected chi connectivity index (χ0v) is 21.6. The molecule has 0 unspecified atom stereocenters. The van der Waals surface area contributed by atoms with E-state index in [9.17, 15) is 9.65 Å². The van der Waals surface area contributed by atoms with E-state index in [0.717, 1.165) is 62.6 Å². The van der Waals surface area contributed by atoms with Crippen molar-refractivity contribution in [2.45, 2.75) is 37.9 Å². The summed E-state index contributed by atoms with van der Waals surface area (Å²) in [4.78, 5) is 14.5. The first-order chi connectivity index (χ1) is 18.7. The van der Waals surface area contributed by atoms with Crippen molar-refractivity contribution >= 4 is 22.3 Å². The average molecular weight is 516 g/mol. The van der Waals surface area contributed by atoms with E-state index in [1.807, 2.05) is 0 Å². The monoisotopic (exact) mass is 515 g/mol. The van der Waals surface area contributed by atoms with Gasteiger partial charge in [-0.1, -0.05) is 36.4 Å². The quantitative estimate of drug-likeness (QED) is 0.496. The SMILES string of the molecule is N#CC[C@H]1CN(c2nc(OC[C@@H]3NCC[C@H]3CF)nc3c2CCN(c2cccc4ccccc24)C3)CCN1. The summed E-state index contributed by atoms with van der Waals surface area (Å²) in [6.07, 6.45) is 2.11. The predicted molar refractivity (Wildman–Crippen MR) is 146 cm³/mol. The molecule has 0 aliphatic carbocycles. The molecule has 0 radical (unpaired) electrons. The molecule has 3 aliphatic heterocycles. The van der Waals surface area contributed by atoms with Gasteiger partial charge in [0.15, 0.2) is 0 Å². The molecular formula is C29H34FN7O. The van der Waals surface area contributed by atoms with Gasteiger partial charge in [-0.05, 0) is 30.8 Å². The summed E-state index contributed by atoms with van der Waals surface area (Å²) >= 11 is 0. The molecule has 8 nitrogen and oxygen atoms in total. The second kappa shape index (κ2) is 11.1. The molecule has 0 bridgehead atoms. The predicted octanol–water partition coefficient (Wildman–Crippen LogP) is 3.21. The van der Waals surface area contributed by atoms with E-state index in [4.69, 9.17) is 14.7 Å². The van der Waals surface area contributed by atoms with Gasteiger partial charge in [-0.15, -0.1) is 0 Å². The summed E-state index contributed by atoms with van der Waals surface area (Å²) in [5.74, 6) is 0.877. The molecule has 0 spiro atoms. The number of anilines is 2. The molecule has 2 aromatic carbocycles. The van der Waals surface area contributed by atoms with E-state index in [1.165, 1.54) is 16.5 Å². The number of nitrogens with zero attached hydrogens (tertiary/aromatic N) is 5. The highest BCUT2D eigenvalue weighted by atomic mass is 19.1. The Bertz CT molecular complexity index is 1320. The first-order valence-corrected chi connectivity index (χ1v) is 13.6. The molecule has 9 heteroatoms. The van der Waals surface area contributed by atoms with Crippen LogP contribution < -0.4 is 25.2 Å². The number of ether oxygens (including phenoxy) is 1. The summed E-state index contributed by atoms with van der Waals surface area (Å²) in [5, 5.41) is 18.5. The van der Waals surface area contributed by atoms with Gasteiger partial charge < -0.3 is 25.2 Å². The molecular weight excluding hydrogens is 481 g/mol. The van der Waals surface area contributed by atoms with Crippen LogP contribution in [0.2, 0.25) is 0 Å². The second-order valence-corrected chi connectivity index (χ2v) is 10.5. The van der Waals surface area contributed by atoms with Crippen molar-refractivity contribution in [1.82, 2.24) is 20.6 Å². The molecule has 2 saturated heterocycles. The molecule has 2 N–H and O–H groups in total. The fourth-order valence-corrected chi connectivity index (χ4v) is 6.04. The van der Waals surface area contributed by atoms with Crippen LogP contribution in [0.15, 0.2) is 42.5 Å². The number of aromatic nitrogens is 2. The van der Waals surface area contributed by atoms with Crippen molar-refractivity contribution in [2.75, 3.05) is 55.8 Å². The Labute approximate surface area is 222 Å². The summed E-state index contributed by atoms with van der Waals surface area (Å²) in [5.41, 5.74) is 3.33. The van der Waals surface area contributed by atoms with Crippen LogP contribution in [0.25, 0.3) is 10.8 Å². The molecule has 3 atom stereocenters. The smallest absolute Gasteiger partial charge is 0.318 e. The molecule has 198 valence electrons. The molecule has 0 amide bonds. The third-order valence-electron chi connectivity index (χ3n) is 8.10.